The number of nitrogens with one attached hydrogen (secondary N) is 3. The standard InChI is InChI=1S/C18H15ClN6O3/c1-11-5-2-3-8-14(11)18(26)24-23-17-15(25(27)28)16(20-10-21-17)22-13-7-4-6-12(19)9-13/h2-10H,1H3,(H,24,26)(H2,20,21,22,23). The van der Waals surface area contributed by atoms with Gasteiger partial charge in [-0.1, -0.05) is 35.9 Å². The molecule has 1 heterocycles. The van der Waals surface area contributed by atoms with Gasteiger partial charge in [-0.2, -0.15) is 0 Å². The minimum atomic E-state index is -0.644. The van der Waals surface area contributed by atoms with Crippen molar-refractivity contribution in [2.45, 2.75) is 6.92 Å². The lowest BCUT2D eigenvalue weighted by Gasteiger charge is -2.11. The molecule has 28 heavy (non-hydrogen) atoms. The van der Waals surface area contributed by atoms with E-state index in [0.29, 0.717) is 16.3 Å². The van der Waals surface area contributed by atoms with Gasteiger partial charge < -0.3 is 5.32 Å². The summed E-state index contributed by atoms with van der Waals surface area (Å²) in [5, 5.41) is 14.9. The second-order valence-electron chi connectivity index (χ2n) is 5.71. The van der Waals surface area contributed by atoms with Gasteiger partial charge in [0.15, 0.2) is 0 Å². The highest BCUT2D eigenvalue weighted by molar-refractivity contribution is 6.30. The smallest absolute Gasteiger partial charge is 0.334 e. The van der Waals surface area contributed by atoms with E-state index in [1.165, 1.54) is 0 Å². The van der Waals surface area contributed by atoms with Crippen molar-refractivity contribution in [1.82, 2.24) is 15.4 Å². The Kier molecular flexibility index (Phi) is 5.66. The zero-order valence-electron chi connectivity index (χ0n) is 14.6. The quantitative estimate of drug-likeness (QED) is 0.425. The molecule has 1 amide bonds. The van der Waals surface area contributed by atoms with Crippen LogP contribution in [-0.2, 0) is 0 Å². The van der Waals surface area contributed by atoms with Crippen LogP contribution in [0.4, 0.5) is 23.0 Å². The molecule has 0 fully saturated rings. The van der Waals surface area contributed by atoms with Crippen molar-refractivity contribution in [1.29, 1.82) is 0 Å². The van der Waals surface area contributed by atoms with Crippen molar-refractivity contribution in [3.8, 4) is 0 Å². The zero-order chi connectivity index (χ0) is 20.1. The van der Waals surface area contributed by atoms with Crippen molar-refractivity contribution < 1.29 is 9.72 Å². The Morgan fingerprint density at radius 1 is 1.11 bits per heavy atom. The first-order valence-electron chi connectivity index (χ1n) is 8.09. The SMILES string of the molecule is Cc1ccccc1C(=O)NNc1ncnc(Nc2cccc(Cl)c2)c1[N+](=O)[O-]. The molecule has 0 radical (unpaired) electrons. The van der Waals surface area contributed by atoms with Crippen molar-refractivity contribution in [3.05, 3.63) is 81.1 Å². The van der Waals surface area contributed by atoms with Gasteiger partial charge in [-0.15, -0.1) is 0 Å². The fourth-order valence-corrected chi connectivity index (χ4v) is 2.64. The van der Waals surface area contributed by atoms with E-state index >= 15 is 0 Å². The number of halogens is 1. The lowest BCUT2D eigenvalue weighted by Crippen LogP contribution is -2.30. The van der Waals surface area contributed by atoms with Crippen LogP contribution < -0.4 is 16.2 Å². The van der Waals surface area contributed by atoms with Gasteiger partial charge in [-0.3, -0.25) is 25.8 Å². The number of hydrogen-bond acceptors (Lipinski definition) is 7. The van der Waals surface area contributed by atoms with Crippen LogP contribution >= 0.6 is 11.6 Å². The molecule has 0 atom stereocenters. The molecule has 3 aromatic rings. The number of carbonyl (C=O) groups excluding carboxylic acids is 1. The average Bonchev–Trinajstić information content (AvgIpc) is 2.66. The maximum absolute atomic E-state index is 12.3. The first kappa shape index (κ1) is 19.1. The van der Waals surface area contributed by atoms with Crippen LogP contribution in [0.15, 0.2) is 54.9 Å². The van der Waals surface area contributed by atoms with E-state index in [2.05, 4.69) is 26.1 Å². The first-order chi connectivity index (χ1) is 13.5. The molecule has 142 valence electrons. The highest BCUT2D eigenvalue weighted by Crippen LogP contribution is 2.31. The van der Waals surface area contributed by atoms with Crippen LogP contribution in [0.3, 0.4) is 0 Å². The highest BCUT2D eigenvalue weighted by Gasteiger charge is 2.24. The summed E-state index contributed by atoms with van der Waals surface area (Å²) in [5.74, 6) is -0.656. The molecular formula is C18H15ClN6O3. The van der Waals surface area contributed by atoms with Crippen LogP contribution in [0.25, 0.3) is 0 Å². The monoisotopic (exact) mass is 398 g/mol. The number of rotatable bonds is 6. The third kappa shape index (κ3) is 4.33. The van der Waals surface area contributed by atoms with Crippen molar-refractivity contribution in [2.24, 2.45) is 0 Å². The largest absolute Gasteiger partial charge is 0.355 e. The summed E-state index contributed by atoms with van der Waals surface area (Å²) in [6.45, 7) is 1.79. The van der Waals surface area contributed by atoms with Crippen LogP contribution in [0, 0.1) is 17.0 Å². The number of hydrazine groups is 1. The Hall–Kier alpha value is -3.72. The van der Waals surface area contributed by atoms with Crippen LogP contribution in [0.1, 0.15) is 15.9 Å². The van der Waals surface area contributed by atoms with E-state index in [1.807, 2.05) is 6.07 Å². The van der Waals surface area contributed by atoms with Gasteiger partial charge in [0.05, 0.1) is 4.92 Å². The van der Waals surface area contributed by atoms with E-state index in [1.54, 1.807) is 49.4 Å². The van der Waals surface area contributed by atoms with Crippen molar-refractivity contribution >= 4 is 40.5 Å². The normalized spacial score (nSPS) is 10.2. The summed E-state index contributed by atoms with van der Waals surface area (Å²) in [6.07, 6.45) is 1.14. The number of nitro groups is 1. The highest BCUT2D eigenvalue weighted by atomic mass is 35.5. The molecule has 3 rings (SSSR count). The Balaban J connectivity index is 1.84. The Labute approximate surface area is 164 Å². The van der Waals surface area contributed by atoms with E-state index in [9.17, 15) is 14.9 Å². The molecule has 0 unspecified atom stereocenters. The summed E-state index contributed by atoms with van der Waals surface area (Å²) < 4.78 is 0. The Bertz CT molecular complexity index is 1040. The molecule has 2 aromatic carbocycles. The van der Waals surface area contributed by atoms with Gasteiger partial charge in [-0.05, 0) is 36.8 Å². The molecule has 0 aliphatic heterocycles. The summed E-state index contributed by atoms with van der Waals surface area (Å²) >= 11 is 5.93. The molecule has 10 heteroatoms. The summed E-state index contributed by atoms with van der Waals surface area (Å²) in [5.41, 5.74) is 6.21. The zero-order valence-corrected chi connectivity index (χ0v) is 15.4. The fraction of sp³-hybridized carbons (Fsp3) is 0.0556. The van der Waals surface area contributed by atoms with Gasteiger partial charge in [0.25, 0.3) is 5.91 Å². The molecule has 3 N–H and O–H groups in total. The molecule has 1 aromatic heterocycles. The van der Waals surface area contributed by atoms with Crippen molar-refractivity contribution in [2.75, 3.05) is 10.7 Å². The van der Waals surface area contributed by atoms with Gasteiger partial charge in [-0.25, -0.2) is 9.97 Å². The van der Waals surface area contributed by atoms with Crippen molar-refractivity contribution in [3.63, 3.8) is 0 Å². The van der Waals surface area contributed by atoms with E-state index in [0.717, 1.165) is 11.9 Å². The molecule has 9 nitrogen and oxygen atoms in total. The van der Waals surface area contributed by atoms with Crippen LogP contribution in [-0.4, -0.2) is 20.8 Å². The van der Waals surface area contributed by atoms with Gasteiger partial charge in [0.1, 0.15) is 6.33 Å². The Morgan fingerprint density at radius 3 is 2.57 bits per heavy atom. The molecular weight excluding hydrogens is 384 g/mol. The molecule has 0 spiro atoms. The average molecular weight is 399 g/mol. The third-order valence-electron chi connectivity index (χ3n) is 3.78. The maximum atomic E-state index is 12.3. The molecule has 0 aliphatic carbocycles. The lowest BCUT2D eigenvalue weighted by atomic mass is 10.1. The van der Waals surface area contributed by atoms with Crippen LogP contribution in [0.5, 0.6) is 0 Å². The predicted octanol–water partition coefficient (Wildman–Crippen LogP) is 3.85. The van der Waals surface area contributed by atoms with E-state index in [-0.39, 0.29) is 11.6 Å². The topological polar surface area (TPSA) is 122 Å². The number of aryl methyl sites for hydroxylation is 1. The molecule has 0 saturated carbocycles. The number of carbonyl (C=O) groups is 1. The van der Waals surface area contributed by atoms with Gasteiger partial charge in [0.2, 0.25) is 11.6 Å². The van der Waals surface area contributed by atoms with Gasteiger partial charge in [0, 0.05) is 16.3 Å². The minimum Gasteiger partial charge on any atom is -0.334 e. The Morgan fingerprint density at radius 2 is 1.86 bits per heavy atom. The second-order valence-corrected chi connectivity index (χ2v) is 6.14. The molecule has 0 aliphatic rings. The minimum absolute atomic E-state index is 0.0464. The molecule has 0 saturated heterocycles. The maximum Gasteiger partial charge on any atom is 0.355 e. The summed E-state index contributed by atoms with van der Waals surface area (Å²) in [7, 11) is 0. The summed E-state index contributed by atoms with van der Waals surface area (Å²) in [6, 6.07) is 13.6. The summed E-state index contributed by atoms with van der Waals surface area (Å²) in [4.78, 5) is 31.0. The number of benzene rings is 2. The van der Waals surface area contributed by atoms with E-state index < -0.39 is 16.5 Å². The number of nitrogens with zero attached hydrogens (tertiary/aromatic N) is 3. The second kappa shape index (κ2) is 8.31. The molecule has 0 bridgehead atoms. The van der Waals surface area contributed by atoms with Gasteiger partial charge >= 0.3 is 5.69 Å². The van der Waals surface area contributed by atoms with E-state index in [4.69, 9.17) is 11.6 Å². The lowest BCUT2D eigenvalue weighted by molar-refractivity contribution is -0.383. The van der Waals surface area contributed by atoms with Crippen LogP contribution in [0.2, 0.25) is 5.02 Å². The first-order valence-corrected chi connectivity index (χ1v) is 8.47. The predicted molar refractivity (Wildman–Crippen MR) is 106 cm³/mol. The number of aromatic nitrogens is 2. The fourth-order valence-electron chi connectivity index (χ4n) is 2.45. The third-order valence-corrected chi connectivity index (χ3v) is 4.01. The number of amides is 1. The number of anilines is 3. The number of hydrogen-bond donors (Lipinski definition) is 3.